The molecule has 1 aliphatic carbocycles. The van der Waals surface area contributed by atoms with Crippen LogP contribution in [0.4, 0.5) is 5.69 Å². The Balaban J connectivity index is 1.53. The number of anilines is 1. The van der Waals surface area contributed by atoms with Crippen molar-refractivity contribution in [2.75, 3.05) is 42.8 Å². The SMILES string of the molecule is CC1(N2CCN(S(=O)(=O)N3CCSc4ccccc43)CC2)CC1. The molecule has 126 valence electrons. The summed E-state index contributed by atoms with van der Waals surface area (Å²) in [5.74, 6) is 0.814. The molecule has 4 rings (SSSR count). The molecule has 1 aromatic carbocycles. The molecule has 1 saturated heterocycles. The summed E-state index contributed by atoms with van der Waals surface area (Å²) in [6, 6.07) is 7.81. The molecular formula is C16H23N3O2S2. The highest BCUT2D eigenvalue weighted by Crippen LogP contribution is 2.42. The molecule has 0 radical (unpaired) electrons. The fourth-order valence-electron chi connectivity index (χ4n) is 3.48. The van der Waals surface area contributed by atoms with Crippen LogP contribution < -0.4 is 4.31 Å². The monoisotopic (exact) mass is 353 g/mol. The van der Waals surface area contributed by atoms with Crippen LogP contribution in [-0.4, -0.2) is 61.6 Å². The highest BCUT2D eigenvalue weighted by atomic mass is 32.2. The average Bonchev–Trinajstić information content (AvgIpc) is 3.33. The van der Waals surface area contributed by atoms with Crippen molar-refractivity contribution in [2.45, 2.75) is 30.2 Å². The molecule has 0 spiro atoms. The van der Waals surface area contributed by atoms with E-state index in [9.17, 15) is 8.42 Å². The summed E-state index contributed by atoms with van der Waals surface area (Å²) in [6.07, 6.45) is 2.49. The lowest BCUT2D eigenvalue weighted by molar-refractivity contribution is 0.132. The predicted octanol–water partition coefficient (Wildman–Crippen LogP) is 2.01. The molecular weight excluding hydrogens is 330 g/mol. The zero-order valence-corrected chi connectivity index (χ0v) is 15.1. The molecule has 0 unspecified atom stereocenters. The van der Waals surface area contributed by atoms with Gasteiger partial charge in [0.2, 0.25) is 0 Å². The third-order valence-corrected chi connectivity index (χ3v) is 8.26. The number of nitrogens with zero attached hydrogens (tertiary/aromatic N) is 3. The summed E-state index contributed by atoms with van der Waals surface area (Å²) in [6.45, 7) is 5.74. The van der Waals surface area contributed by atoms with E-state index in [1.807, 2.05) is 24.3 Å². The summed E-state index contributed by atoms with van der Waals surface area (Å²) in [7, 11) is -3.42. The molecule has 0 atom stereocenters. The Labute approximate surface area is 142 Å². The third kappa shape index (κ3) is 2.77. The molecule has 0 amide bonds. The summed E-state index contributed by atoms with van der Waals surface area (Å²) in [5, 5.41) is 0. The van der Waals surface area contributed by atoms with Crippen LogP contribution in [-0.2, 0) is 10.2 Å². The lowest BCUT2D eigenvalue weighted by atomic mass is 10.2. The first-order valence-electron chi connectivity index (χ1n) is 8.25. The number of hydrogen-bond donors (Lipinski definition) is 0. The Morgan fingerprint density at radius 1 is 1.04 bits per heavy atom. The summed E-state index contributed by atoms with van der Waals surface area (Å²) >= 11 is 1.73. The molecule has 1 saturated carbocycles. The Kier molecular flexibility index (Phi) is 3.87. The number of piperazine rings is 1. The zero-order chi connectivity index (χ0) is 16.1. The van der Waals surface area contributed by atoms with Gasteiger partial charge >= 0.3 is 10.2 Å². The molecule has 7 heteroatoms. The van der Waals surface area contributed by atoms with Gasteiger partial charge in [0, 0.05) is 48.9 Å². The van der Waals surface area contributed by atoms with Crippen molar-refractivity contribution < 1.29 is 8.42 Å². The number of hydrogen-bond acceptors (Lipinski definition) is 4. The van der Waals surface area contributed by atoms with Crippen molar-refractivity contribution in [3.8, 4) is 0 Å². The van der Waals surface area contributed by atoms with Crippen molar-refractivity contribution >= 4 is 27.7 Å². The molecule has 2 aliphatic heterocycles. The van der Waals surface area contributed by atoms with Gasteiger partial charge in [-0.1, -0.05) is 12.1 Å². The lowest BCUT2D eigenvalue weighted by Gasteiger charge is -2.40. The zero-order valence-electron chi connectivity index (χ0n) is 13.4. The van der Waals surface area contributed by atoms with Gasteiger partial charge in [0.1, 0.15) is 0 Å². The maximum Gasteiger partial charge on any atom is 0.304 e. The van der Waals surface area contributed by atoms with Crippen molar-refractivity contribution in [3.63, 3.8) is 0 Å². The Morgan fingerprint density at radius 3 is 2.43 bits per heavy atom. The second-order valence-electron chi connectivity index (χ2n) is 6.78. The van der Waals surface area contributed by atoms with E-state index in [2.05, 4.69) is 11.8 Å². The highest BCUT2D eigenvalue weighted by Gasteiger charge is 2.45. The standard InChI is InChI=1S/C16H23N3O2S2/c1-16(6-7-16)17-8-10-18(11-9-17)23(20,21)19-12-13-22-15-5-3-2-4-14(15)19/h2-5H,6-13H2,1H3. The van der Waals surface area contributed by atoms with Gasteiger partial charge < -0.3 is 0 Å². The van der Waals surface area contributed by atoms with Gasteiger partial charge in [-0.3, -0.25) is 9.21 Å². The van der Waals surface area contributed by atoms with Gasteiger partial charge in [0.05, 0.1) is 5.69 Å². The van der Waals surface area contributed by atoms with E-state index >= 15 is 0 Å². The van der Waals surface area contributed by atoms with Crippen LogP contribution >= 0.6 is 11.8 Å². The van der Waals surface area contributed by atoms with Crippen LogP contribution in [0.3, 0.4) is 0 Å². The maximum absolute atomic E-state index is 13.1. The minimum atomic E-state index is -3.42. The van der Waals surface area contributed by atoms with Crippen LogP contribution in [0, 0.1) is 0 Å². The van der Waals surface area contributed by atoms with E-state index in [4.69, 9.17) is 0 Å². The number of thioether (sulfide) groups is 1. The van der Waals surface area contributed by atoms with E-state index in [0.29, 0.717) is 25.2 Å². The smallest absolute Gasteiger partial charge is 0.295 e. The first-order valence-corrected chi connectivity index (χ1v) is 10.6. The largest absolute Gasteiger partial charge is 0.304 e. The van der Waals surface area contributed by atoms with Crippen LogP contribution in [0.1, 0.15) is 19.8 Å². The Bertz CT molecular complexity index is 695. The minimum absolute atomic E-state index is 0.338. The lowest BCUT2D eigenvalue weighted by Crippen LogP contribution is -2.56. The summed E-state index contributed by atoms with van der Waals surface area (Å²) < 4.78 is 29.5. The fraction of sp³-hybridized carbons (Fsp3) is 0.625. The molecule has 2 fully saturated rings. The second-order valence-corrected chi connectivity index (χ2v) is 9.77. The van der Waals surface area contributed by atoms with Gasteiger partial charge in [0.25, 0.3) is 0 Å². The Morgan fingerprint density at radius 2 is 1.74 bits per heavy atom. The van der Waals surface area contributed by atoms with Crippen molar-refractivity contribution in [1.82, 2.24) is 9.21 Å². The van der Waals surface area contributed by atoms with Crippen molar-refractivity contribution in [2.24, 2.45) is 0 Å². The molecule has 5 nitrogen and oxygen atoms in total. The molecule has 0 N–H and O–H groups in total. The van der Waals surface area contributed by atoms with Crippen LogP contribution in [0.2, 0.25) is 0 Å². The number of rotatable bonds is 3. The third-order valence-electron chi connectivity index (χ3n) is 5.27. The van der Waals surface area contributed by atoms with Crippen LogP contribution in [0.15, 0.2) is 29.2 Å². The van der Waals surface area contributed by atoms with E-state index in [0.717, 1.165) is 29.4 Å². The number of fused-ring (bicyclic) bond motifs is 1. The fourth-order valence-corrected chi connectivity index (χ4v) is 6.28. The van der Waals surface area contributed by atoms with Crippen LogP contribution in [0.25, 0.3) is 0 Å². The van der Waals surface area contributed by atoms with Gasteiger partial charge in [0.15, 0.2) is 0 Å². The number of benzene rings is 1. The molecule has 23 heavy (non-hydrogen) atoms. The molecule has 0 bridgehead atoms. The maximum atomic E-state index is 13.1. The van der Waals surface area contributed by atoms with E-state index in [-0.39, 0.29) is 0 Å². The molecule has 3 aliphatic rings. The van der Waals surface area contributed by atoms with Gasteiger partial charge in [-0.15, -0.1) is 11.8 Å². The second kappa shape index (κ2) is 5.65. The Hall–Kier alpha value is -0.760. The van der Waals surface area contributed by atoms with E-state index < -0.39 is 10.2 Å². The summed E-state index contributed by atoms with van der Waals surface area (Å²) in [5.41, 5.74) is 1.17. The quantitative estimate of drug-likeness (QED) is 0.834. The number of para-hydroxylation sites is 1. The normalized spacial score (nSPS) is 25.2. The average molecular weight is 354 g/mol. The van der Waals surface area contributed by atoms with E-state index in [1.54, 1.807) is 20.4 Å². The van der Waals surface area contributed by atoms with Crippen molar-refractivity contribution in [1.29, 1.82) is 0 Å². The summed E-state index contributed by atoms with van der Waals surface area (Å²) in [4.78, 5) is 3.52. The van der Waals surface area contributed by atoms with Crippen LogP contribution in [0.5, 0.6) is 0 Å². The molecule has 2 heterocycles. The predicted molar refractivity (Wildman–Crippen MR) is 94.2 cm³/mol. The minimum Gasteiger partial charge on any atom is -0.295 e. The van der Waals surface area contributed by atoms with E-state index in [1.165, 1.54) is 12.8 Å². The molecule has 1 aromatic rings. The van der Waals surface area contributed by atoms with Crippen molar-refractivity contribution in [3.05, 3.63) is 24.3 Å². The highest BCUT2D eigenvalue weighted by molar-refractivity contribution is 7.99. The molecule has 0 aromatic heterocycles. The van der Waals surface area contributed by atoms with Gasteiger partial charge in [-0.05, 0) is 31.9 Å². The topological polar surface area (TPSA) is 43.9 Å². The van der Waals surface area contributed by atoms with Gasteiger partial charge in [-0.2, -0.15) is 12.7 Å². The first-order chi connectivity index (χ1) is 11.0. The first kappa shape index (κ1) is 15.7. The van der Waals surface area contributed by atoms with Gasteiger partial charge in [-0.25, -0.2) is 0 Å².